The molecule has 0 aliphatic rings. The molecule has 2 aromatic rings. The van der Waals surface area contributed by atoms with Gasteiger partial charge >= 0.3 is 0 Å². The summed E-state index contributed by atoms with van der Waals surface area (Å²) in [5, 5.41) is 3.41. The lowest BCUT2D eigenvalue weighted by atomic mass is 10.3. The summed E-state index contributed by atoms with van der Waals surface area (Å²) in [7, 11) is 0. The SMILES string of the molecule is Cc1cnc(C(C)Nc2nccnc2Cl)o1. The number of aromatic nitrogens is 3. The zero-order valence-electron chi connectivity index (χ0n) is 8.94. The van der Waals surface area contributed by atoms with Gasteiger partial charge in [0.05, 0.1) is 6.20 Å². The summed E-state index contributed by atoms with van der Waals surface area (Å²) < 4.78 is 5.39. The highest BCUT2D eigenvalue weighted by Gasteiger charge is 2.13. The summed E-state index contributed by atoms with van der Waals surface area (Å²) in [6.07, 6.45) is 4.78. The molecular weight excluding hydrogens is 228 g/mol. The van der Waals surface area contributed by atoms with Gasteiger partial charge in [-0.2, -0.15) is 0 Å². The van der Waals surface area contributed by atoms with Crippen LogP contribution in [0.4, 0.5) is 5.82 Å². The Morgan fingerprint density at radius 1 is 1.31 bits per heavy atom. The maximum atomic E-state index is 5.87. The van der Waals surface area contributed by atoms with Crippen LogP contribution in [0.1, 0.15) is 24.6 Å². The minimum absolute atomic E-state index is 0.108. The van der Waals surface area contributed by atoms with Crippen molar-refractivity contribution in [1.82, 2.24) is 15.0 Å². The van der Waals surface area contributed by atoms with Crippen molar-refractivity contribution in [2.45, 2.75) is 19.9 Å². The van der Waals surface area contributed by atoms with E-state index in [2.05, 4.69) is 20.3 Å². The molecule has 2 aromatic heterocycles. The summed E-state index contributed by atoms with van der Waals surface area (Å²) in [5.41, 5.74) is 0. The van der Waals surface area contributed by atoms with E-state index >= 15 is 0 Å². The van der Waals surface area contributed by atoms with Crippen molar-refractivity contribution in [3.05, 3.63) is 35.4 Å². The largest absolute Gasteiger partial charge is 0.444 e. The molecule has 0 fully saturated rings. The number of hydrogen-bond acceptors (Lipinski definition) is 5. The van der Waals surface area contributed by atoms with Crippen molar-refractivity contribution in [3.63, 3.8) is 0 Å². The summed E-state index contributed by atoms with van der Waals surface area (Å²) in [6.45, 7) is 3.76. The number of rotatable bonds is 3. The van der Waals surface area contributed by atoms with E-state index in [0.29, 0.717) is 16.9 Å². The molecular formula is C10H11ClN4O. The Morgan fingerprint density at radius 3 is 2.69 bits per heavy atom. The first-order valence-corrected chi connectivity index (χ1v) is 5.20. The second kappa shape index (κ2) is 4.49. The molecule has 84 valence electrons. The van der Waals surface area contributed by atoms with Crippen LogP contribution in [0, 0.1) is 6.92 Å². The fourth-order valence-corrected chi connectivity index (χ4v) is 1.42. The van der Waals surface area contributed by atoms with Crippen LogP contribution in [0.25, 0.3) is 0 Å². The molecule has 2 rings (SSSR count). The van der Waals surface area contributed by atoms with Crippen molar-refractivity contribution < 1.29 is 4.42 Å². The molecule has 6 heteroatoms. The van der Waals surface area contributed by atoms with Gasteiger partial charge < -0.3 is 9.73 Å². The third-order valence-corrected chi connectivity index (χ3v) is 2.29. The van der Waals surface area contributed by atoms with E-state index in [9.17, 15) is 0 Å². The number of hydrogen-bond donors (Lipinski definition) is 1. The van der Waals surface area contributed by atoms with Crippen LogP contribution in [0.15, 0.2) is 23.0 Å². The normalized spacial score (nSPS) is 12.4. The Kier molecular flexibility index (Phi) is 3.05. The molecule has 0 spiro atoms. The van der Waals surface area contributed by atoms with Crippen LogP contribution in [0.5, 0.6) is 0 Å². The molecule has 0 bridgehead atoms. The standard InChI is InChI=1S/C10H11ClN4O/c1-6-5-14-10(16-6)7(2)15-9-8(11)12-3-4-13-9/h3-5,7H,1-2H3,(H,13,15). The van der Waals surface area contributed by atoms with Gasteiger partial charge in [0.15, 0.2) is 11.0 Å². The van der Waals surface area contributed by atoms with Gasteiger partial charge in [-0.1, -0.05) is 11.6 Å². The van der Waals surface area contributed by atoms with Crippen molar-refractivity contribution in [2.24, 2.45) is 0 Å². The maximum absolute atomic E-state index is 5.87. The highest BCUT2D eigenvalue weighted by atomic mass is 35.5. The third kappa shape index (κ3) is 2.30. The van der Waals surface area contributed by atoms with Gasteiger partial charge in [0, 0.05) is 12.4 Å². The fourth-order valence-electron chi connectivity index (χ4n) is 1.26. The molecule has 1 atom stereocenters. The Balaban J connectivity index is 2.13. The number of nitrogens with one attached hydrogen (secondary N) is 1. The van der Waals surface area contributed by atoms with Gasteiger partial charge in [-0.25, -0.2) is 15.0 Å². The van der Waals surface area contributed by atoms with Crippen LogP contribution in [-0.2, 0) is 0 Å². The van der Waals surface area contributed by atoms with E-state index in [1.807, 2.05) is 13.8 Å². The molecule has 1 unspecified atom stereocenters. The quantitative estimate of drug-likeness (QED) is 0.891. The lowest BCUT2D eigenvalue weighted by molar-refractivity contribution is 0.453. The Hall–Kier alpha value is -1.62. The molecule has 0 aliphatic carbocycles. The number of nitrogens with zero attached hydrogens (tertiary/aromatic N) is 3. The maximum Gasteiger partial charge on any atom is 0.216 e. The average molecular weight is 239 g/mol. The Morgan fingerprint density at radius 2 is 2.06 bits per heavy atom. The average Bonchev–Trinajstić information content (AvgIpc) is 2.68. The molecule has 0 aliphatic heterocycles. The van der Waals surface area contributed by atoms with E-state index < -0.39 is 0 Å². The summed E-state index contributed by atoms with van der Waals surface area (Å²) in [6, 6.07) is -0.108. The summed E-state index contributed by atoms with van der Waals surface area (Å²) in [4.78, 5) is 12.1. The minimum atomic E-state index is -0.108. The minimum Gasteiger partial charge on any atom is -0.444 e. The smallest absolute Gasteiger partial charge is 0.216 e. The predicted octanol–water partition coefficient (Wildman–Crippen LogP) is 2.60. The Bertz CT molecular complexity index is 485. The van der Waals surface area contributed by atoms with Crippen molar-refractivity contribution >= 4 is 17.4 Å². The topological polar surface area (TPSA) is 63.8 Å². The molecule has 16 heavy (non-hydrogen) atoms. The lowest BCUT2D eigenvalue weighted by Crippen LogP contribution is -2.08. The van der Waals surface area contributed by atoms with Gasteiger partial charge in [0.25, 0.3) is 0 Å². The first-order chi connectivity index (χ1) is 7.66. The number of aryl methyl sites for hydroxylation is 1. The van der Waals surface area contributed by atoms with Crippen molar-refractivity contribution in [1.29, 1.82) is 0 Å². The number of anilines is 1. The predicted molar refractivity (Wildman–Crippen MR) is 60.3 cm³/mol. The monoisotopic (exact) mass is 238 g/mol. The lowest BCUT2D eigenvalue weighted by Gasteiger charge is -2.11. The van der Waals surface area contributed by atoms with Crippen LogP contribution < -0.4 is 5.32 Å². The summed E-state index contributed by atoms with van der Waals surface area (Å²) >= 11 is 5.87. The van der Waals surface area contributed by atoms with Crippen LogP contribution in [-0.4, -0.2) is 15.0 Å². The molecule has 0 aromatic carbocycles. The second-order valence-corrected chi connectivity index (χ2v) is 3.73. The van der Waals surface area contributed by atoms with Gasteiger partial charge in [-0.05, 0) is 13.8 Å². The van der Waals surface area contributed by atoms with Gasteiger partial charge in [-0.3, -0.25) is 0 Å². The zero-order valence-corrected chi connectivity index (χ0v) is 9.69. The first kappa shape index (κ1) is 10.9. The second-order valence-electron chi connectivity index (χ2n) is 3.37. The molecule has 0 amide bonds. The molecule has 1 N–H and O–H groups in total. The zero-order chi connectivity index (χ0) is 11.5. The first-order valence-electron chi connectivity index (χ1n) is 4.82. The van der Waals surface area contributed by atoms with Crippen LogP contribution in [0.2, 0.25) is 5.15 Å². The van der Waals surface area contributed by atoms with E-state index in [1.54, 1.807) is 12.4 Å². The highest BCUT2D eigenvalue weighted by molar-refractivity contribution is 6.31. The fraction of sp³-hybridized carbons (Fsp3) is 0.300. The van der Waals surface area contributed by atoms with Crippen molar-refractivity contribution in [2.75, 3.05) is 5.32 Å². The van der Waals surface area contributed by atoms with E-state index in [0.717, 1.165) is 5.76 Å². The Labute approximate surface area is 97.9 Å². The van der Waals surface area contributed by atoms with Gasteiger partial charge in [0.2, 0.25) is 5.89 Å². The summed E-state index contributed by atoms with van der Waals surface area (Å²) in [5.74, 6) is 1.89. The number of oxazole rings is 1. The van der Waals surface area contributed by atoms with Gasteiger partial charge in [-0.15, -0.1) is 0 Å². The molecule has 0 saturated heterocycles. The van der Waals surface area contributed by atoms with Crippen LogP contribution >= 0.6 is 11.6 Å². The third-order valence-electron chi connectivity index (χ3n) is 2.02. The van der Waals surface area contributed by atoms with Crippen molar-refractivity contribution in [3.8, 4) is 0 Å². The number of halogens is 1. The van der Waals surface area contributed by atoms with E-state index in [-0.39, 0.29) is 6.04 Å². The van der Waals surface area contributed by atoms with Crippen LogP contribution in [0.3, 0.4) is 0 Å². The molecule has 2 heterocycles. The van der Waals surface area contributed by atoms with E-state index in [4.69, 9.17) is 16.0 Å². The molecule has 5 nitrogen and oxygen atoms in total. The van der Waals surface area contributed by atoms with Gasteiger partial charge in [0.1, 0.15) is 11.8 Å². The highest BCUT2D eigenvalue weighted by Crippen LogP contribution is 2.21. The molecule has 0 radical (unpaired) electrons. The molecule has 0 saturated carbocycles. The van der Waals surface area contributed by atoms with E-state index in [1.165, 1.54) is 6.20 Å².